The largest absolute Gasteiger partial charge is 0.381 e. The minimum atomic E-state index is 0. The Kier molecular flexibility index (Phi) is 3.84. The smallest absolute Gasteiger partial charge is 0.0566 e. The normalized spacial score (nSPS) is 21.2. The molecule has 5 heteroatoms. The van der Waals surface area contributed by atoms with Crippen LogP contribution in [0.4, 0.5) is 0 Å². The third-order valence-electron chi connectivity index (χ3n) is 3.38. The molecular formula is C11H18ClN3O. The predicted molar refractivity (Wildman–Crippen MR) is 64.0 cm³/mol. The monoisotopic (exact) mass is 243 g/mol. The van der Waals surface area contributed by atoms with E-state index < -0.39 is 0 Å². The molecule has 3 heterocycles. The molecule has 0 unspecified atom stereocenters. The SMILES string of the molecule is Cl.c1nn(C2CCOCC2)c2c1CNCC2. The summed E-state index contributed by atoms with van der Waals surface area (Å²) in [6.45, 7) is 3.84. The molecule has 0 amide bonds. The quantitative estimate of drug-likeness (QED) is 0.808. The van der Waals surface area contributed by atoms with E-state index in [1.165, 1.54) is 11.3 Å². The number of hydrogen-bond donors (Lipinski definition) is 1. The van der Waals surface area contributed by atoms with Crippen molar-refractivity contribution in [2.75, 3.05) is 19.8 Å². The first kappa shape index (κ1) is 11.9. The molecule has 16 heavy (non-hydrogen) atoms. The molecule has 0 aromatic carbocycles. The summed E-state index contributed by atoms with van der Waals surface area (Å²) in [5, 5.41) is 7.92. The lowest BCUT2D eigenvalue weighted by Crippen LogP contribution is -2.27. The molecule has 2 aliphatic heterocycles. The van der Waals surface area contributed by atoms with Crippen LogP contribution in [-0.2, 0) is 17.7 Å². The molecule has 1 saturated heterocycles. The van der Waals surface area contributed by atoms with Gasteiger partial charge < -0.3 is 10.1 Å². The predicted octanol–water partition coefficient (Wildman–Crippen LogP) is 1.30. The van der Waals surface area contributed by atoms with Gasteiger partial charge in [0.15, 0.2) is 0 Å². The molecule has 0 spiro atoms. The van der Waals surface area contributed by atoms with Crippen LogP contribution < -0.4 is 5.32 Å². The first-order valence-electron chi connectivity index (χ1n) is 5.79. The minimum absolute atomic E-state index is 0. The fourth-order valence-electron chi connectivity index (χ4n) is 2.52. The third kappa shape index (κ3) is 2.10. The van der Waals surface area contributed by atoms with Gasteiger partial charge in [-0.15, -0.1) is 12.4 Å². The third-order valence-corrected chi connectivity index (χ3v) is 3.38. The molecule has 0 aliphatic carbocycles. The maximum atomic E-state index is 5.39. The van der Waals surface area contributed by atoms with Gasteiger partial charge in [-0.2, -0.15) is 5.10 Å². The molecule has 1 N–H and O–H groups in total. The van der Waals surface area contributed by atoms with E-state index >= 15 is 0 Å². The van der Waals surface area contributed by atoms with E-state index in [0.29, 0.717) is 6.04 Å². The van der Waals surface area contributed by atoms with E-state index in [2.05, 4.69) is 15.1 Å². The molecule has 4 nitrogen and oxygen atoms in total. The van der Waals surface area contributed by atoms with Gasteiger partial charge in [-0.25, -0.2) is 0 Å². The zero-order valence-corrected chi connectivity index (χ0v) is 10.1. The van der Waals surface area contributed by atoms with Gasteiger partial charge in [-0.1, -0.05) is 0 Å². The van der Waals surface area contributed by atoms with Gasteiger partial charge in [0.1, 0.15) is 0 Å². The van der Waals surface area contributed by atoms with E-state index in [9.17, 15) is 0 Å². The van der Waals surface area contributed by atoms with Crippen LogP contribution in [0.3, 0.4) is 0 Å². The van der Waals surface area contributed by atoms with E-state index in [0.717, 1.165) is 45.6 Å². The molecular weight excluding hydrogens is 226 g/mol. The summed E-state index contributed by atoms with van der Waals surface area (Å²) >= 11 is 0. The maximum Gasteiger partial charge on any atom is 0.0566 e. The van der Waals surface area contributed by atoms with Crippen molar-refractivity contribution in [3.63, 3.8) is 0 Å². The zero-order chi connectivity index (χ0) is 10.1. The van der Waals surface area contributed by atoms with Crippen molar-refractivity contribution in [1.82, 2.24) is 15.1 Å². The molecule has 3 rings (SSSR count). The Labute approximate surface area is 102 Å². The summed E-state index contributed by atoms with van der Waals surface area (Å²) in [7, 11) is 0. The van der Waals surface area contributed by atoms with Crippen molar-refractivity contribution in [1.29, 1.82) is 0 Å². The Hall–Kier alpha value is -0.580. The lowest BCUT2D eigenvalue weighted by molar-refractivity contribution is 0.0653. The molecule has 0 saturated carbocycles. The van der Waals surface area contributed by atoms with Crippen LogP contribution in [-0.4, -0.2) is 29.5 Å². The molecule has 0 atom stereocenters. The second-order valence-electron chi connectivity index (χ2n) is 4.33. The summed E-state index contributed by atoms with van der Waals surface area (Å²) in [5.41, 5.74) is 2.83. The molecule has 1 fully saturated rings. The van der Waals surface area contributed by atoms with Gasteiger partial charge in [0.2, 0.25) is 0 Å². The van der Waals surface area contributed by atoms with Gasteiger partial charge in [0.25, 0.3) is 0 Å². The Morgan fingerprint density at radius 1 is 1.38 bits per heavy atom. The number of hydrogen-bond acceptors (Lipinski definition) is 3. The van der Waals surface area contributed by atoms with Crippen LogP contribution >= 0.6 is 12.4 Å². The van der Waals surface area contributed by atoms with Crippen LogP contribution in [0.2, 0.25) is 0 Å². The molecule has 1 aromatic heterocycles. The molecule has 90 valence electrons. The Morgan fingerprint density at radius 2 is 2.19 bits per heavy atom. The molecule has 0 radical (unpaired) electrons. The van der Waals surface area contributed by atoms with E-state index in [1.807, 2.05) is 6.20 Å². The zero-order valence-electron chi connectivity index (χ0n) is 9.32. The number of fused-ring (bicyclic) bond motifs is 1. The second-order valence-corrected chi connectivity index (χ2v) is 4.33. The van der Waals surface area contributed by atoms with Crippen LogP contribution in [0.15, 0.2) is 6.20 Å². The fourth-order valence-corrected chi connectivity index (χ4v) is 2.52. The minimum Gasteiger partial charge on any atom is -0.381 e. The summed E-state index contributed by atoms with van der Waals surface area (Å²) < 4.78 is 7.64. The van der Waals surface area contributed by atoms with Crippen molar-refractivity contribution < 1.29 is 4.74 Å². The first-order chi connectivity index (χ1) is 7.45. The summed E-state index contributed by atoms with van der Waals surface area (Å²) in [6, 6.07) is 0.570. The summed E-state index contributed by atoms with van der Waals surface area (Å²) in [5.74, 6) is 0. The number of halogens is 1. The van der Waals surface area contributed by atoms with Gasteiger partial charge in [0, 0.05) is 44.0 Å². The molecule has 2 aliphatic rings. The number of ether oxygens (including phenoxy) is 1. The van der Waals surface area contributed by atoms with Gasteiger partial charge in [-0.3, -0.25) is 4.68 Å². The highest BCUT2D eigenvalue weighted by molar-refractivity contribution is 5.85. The molecule has 1 aromatic rings. The highest BCUT2D eigenvalue weighted by Crippen LogP contribution is 2.24. The van der Waals surface area contributed by atoms with Gasteiger partial charge >= 0.3 is 0 Å². The maximum absolute atomic E-state index is 5.39. The first-order valence-corrected chi connectivity index (χ1v) is 5.79. The number of nitrogens with one attached hydrogen (secondary N) is 1. The van der Waals surface area contributed by atoms with Crippen LogP contribution in [0, 0.1) is 0 Å². The topological polar surface area (TPSA) is 39.1 Å². The Morgan fingerprint density at radius 3 is 3.00 bits per heavy atom. The van der Waals surface area contributed by atoms with Crippen molar-refractivity contribution in [2.24, 2.45) is 0 Å². The van der Waals surface area contributed by atoms with E-state index in [4.69, 9.17) is 4.74 Å². The molecule has 0 bridgehead atoms. The number of aromatic nitrogens is 2. The highest BCUT2D eigenvalue weighted by Gasteiger charge is 2.22. The van der Waals surface area contributed by atoms with Crippen molar-refractivity contribution in [3.05, 3.63) is 17.5 Å². The van der Waals surface area contributed by atoms with Gasteiger partial charge in [-0.05, 0) is 12.8 Å². The average molecular weight is 244 g/mol. The van der Waals surface area contributed by atoms with E-state index in [1.54, 1.807) is 0 Å². The summed E-state index contributed by atoms with van der Waals surface area (Å²) in [4.78, 5) is 0. The lowest BCUT2D eigenvalue weighted by atomic mass is 10.1. The van der Waals surface area contributed by atoms with Crippen LogP contribution in [0.5, 0.6) is 0 Å². The van der Waals surface area contributed by atoms with Crippen LogP contribution in [0.1, 0.15) is 30.1 Å². The number of nitrogens with zero attached hydrogens (tertiary/aromatic N) is 2. The Bertz CT molecular complexity index is 347. The Balaban J connectivity index is 0.000000963. The highest BCUT2D eigenvalue weighted by atomic mass is 35.5. The fraction of sp³-hybridized carbons (Fsp3) is 0.727. The standard InChI is InChI=1S/C11H17N3O.ClH/c1-4-12-7-9-8-13-14(11(1)9)10-2-5-15-6-3-10;/h8,10,12H,1-7H2;1H. The summed E-state index contributed by atoms with van der Waals surface area (Å²) in [6.07, 6.45) is 5.37. The van der Waals surface area contributed by atoms with Crippen molar-refractivity contribution >= 4 is 12.4 Å². The van der Waals surface area contributed by atoms with Gasteiger partial charge in [0.05, 0.1) is 12.2 Å². The second kappa shape index (κ2) is 5.17. The number of rotatable bonds is 1. The lowest BCUT2D eigenvalue weighted by Gasteiger charge is -2.25. The average Bonchev–Trinajstić information content (AvgIpc) is 2.74. The van der Waals surface area contributed by atoms with Crippen molar-refractivity contribution in [2.45, 2.75) is 31.8 Å². The van der Waals surface area contributed by atoms with E-state index in [-0.39, 0.29) is 12.4 Å². The van der Waals surface area contributed by atoms with Crippen LogP contribution in [0.25, 0.3) is 0 Å². The van der Waals surface area contributed by atoms with Crippen molar-refractivity contribution in [3.8, 4) is 0 Å².